The quantitative estimate of drug-likeness (QED) is 0.828. The van der Waals surface area contributed by atoms with Gasteiger partial charge in [-0.05, 0) is 50.1 Å². The fourth-order valence-corrected chi connectivity index (χ4v) is 2.37. The SMILES string of the molecule is COc1ccc(-c2cccc(C=O)c2)cc1CNC(=O)OC(C)(C)C. The average molecular weight is 341 g/mol. The molecular formula is C20H23NO4. The lowest BCUT2D eigenvalue weighted by Gasteiger charge is -2.20. The summed E-state index contributed by atoms with van der Waals surface area (Å²) in [5.74, 6) is 0.673. The number of ether oxygens (including phenoxy) is 2. The van der Waals surface area contributed by atoms with Crippen molar-refractivity contribution in [2.75, 3.05) is 7.11 Å². The van der Waals surface area contributed by atoms with Crippen LogP contribution in [-0.2, 0) is 11.3 Å². The van der Waals surface area contributed by atoms with Crippen LogP contribution in [0.5, 0.6) is 5.75 Å². The Labute approximate surface area is 148 Å². The van der Waals surface area contributed by atoms with Gasteiger partial charge >= 0.3 is 6.09 Å². The molecule has 0 aliphatic rings. The van der Waals surface area contributed by atoms with Crippen LogP contribution in [0.25, 0.3) is 11.1 Å². The summed E-state index contributed by atoms with van der Waals surface area (Å²) in [5.41, 5.74) is 2.74. The van der Waals surface area contributed by atoms with Crippen molar-refractivity contribution in [3.05, 3.63) is 53.6 Å². The Morgan fingerprint density at radius 3 is 2.48 bits per heavy atom. The van der Waals surface area contributed by atoms with E-state index in [0.29, 0.717) is 11.3 Å². The lowest BCUT2D eigenvalue weighted by Crippen LogP contribution is -2.32. The van der Waals surface area contributed by atoms with Gasteiger partial charge in [-0.1, -0.05) is 24.3 Å². The molecule has 132 valence electrons. The lowest BCUT2D eigenvalue weighted by atomic mass is 10.0. The van der Waals surface area contributed by atoms with Crippen LogP contribution in [0.3, 0.4) is 0 Å². The van der Waals surface area contributed by atoms with E-state index in [-0.39, 0.29) is 6.54 Å². The molecule has 1 N–H and O–H groups in total. The van der Waals surface area contributed by atoms with Crippen molar-refractivity contribution in [1.82, 2.24) is 5.32 Å². The van der Waals surface area contributed by atoms with E-state index >= 15 is 0 Å². The summed E-state index contributed by atoms with van der Waals surface area (Å²) in [6.07, 6.45) is 0.334. The average Bonchev–Trinajstić information content (AvgIpc) is 2.58. The number of amides is 1. The zero-order chi connectivity index (χ0) is 18.4. The summed E-state index contributed by atoms with van der Waals surface area (Å²) in [5, 5.41) is 2.73. The number of nitrogens with one attached hydrogen (secondary N) is 1. The van der Waals surface area contributed by atoms with Crippen LogP contribution in [0.4, 0.5) is 4.79 Å². The first kappa shape index (κ1) is 18.5. The normalized spacial score (nSPS) is 10.9. The number of methoxy groups -OCH3 is 1. The highest BCUT2D eigenvalue weighted by Crippen LogP contribution is 2.27. The smallest absolute Gasteiger partial charge is 0.407 e. The summed E-state index contributed by atoms with van der Waals surface area (Å²) in [7, 11) is 1.58. The van der Waals surface area contributed by atoms with Crippen molar-refractivity contribution >= 4 is 12.4 Å². The topological polar surface area (TPSA) is 64.6 Å². The van der Waals surface area contributed by atoms with E-state index < -0.39 is 11.7 Å². The Bertz CT molecular complexity index is 763. The summed E-state index contributed by atoms with van der Waals surface area (Å²) in [4.78, 5) is 22.8. The molecule has 5 nitrogen and oxygen atoms in total. The Morgan fingerprint density at radius 2 is 1.84 bits per heavy atom. The van der Waals surface area contributed by atoms with Crippen molar-refractivity contribution in [2.45, 2.75) is 32.9 Å². The second-order valence-electron chi connectivity index (χ2n) is 6.63. The van der Waals surface area contributed by atoms with Crippen LogP contribution >= 0.6 is 0 Å². The van der Waals surface area contributed by atoms with Gasteiger partial charge in [0.05, 0.1) is 7.11 Å². The van der Waals surface area contributed by atoms with Crippen molar-refractivity contribution in [1.29, 1.82) is 0 Å². The van der Waals surface area contributed by atoms with Gasteiger partial charge in [-0.2, -0.15) is 0 Å². The van der Waals surface area contributed by atoms with Gasteiger partial charge in [-0.15, -0.1) is 0 Å². The monoisotopic (exact) mass is 341 g/mol. The van der Waals surface area contributed by atoms with Gasteiger partial charge in [0.2, 0.25) is 0 Å². The molecule has 0 unspecified atom stereocenters. The number of carbonyl (C=O) groups is 2. The summed E-state index contributed by atoms with van der Waals surface area (Å²) >= 11 is 0. The molecule has 0 bridgehead atoms. The Hall–Kier alpha value is -2.82. The number of hydrogen-bond donors (Lipinski definition) is 1. The van der Waals surface area contributed by atoms with Crippen LogP contribution < -0.4 is 10.1 Å². The van der Waals surface area contributed by atoms with E-state index in [1.165, 1.54) is 0 Å². The van der Waals surface area contributed by atoms with Crippen molar-refractivity contribution in [2.24, 2.45) is 0 Å². The van der Waals surface area contributed by atoms with Crippen LogP contribution in [0.15, 0.2) is 42.5 Å². The predicted octanol–water partition coefficient (Wildman–Crippen LogP) is 4.20. The number of alkyl carbamates (subject to hydrolysis) is 1. The standard InChI is InChI=1S/C20H23NO4/c1-20(2,3)25-19(23)21-12-17-11-16(8-9-18(17)24-4)15-7-5-6-14(10-15)13-22/h5-11,13H,12H2,1-4H3,(H,21,23). The Kier molecular flexibility index (Phi) is 5.80. The minimum atomic E-state index is -0.550. The maximum Gasteiger partial charge on any atom is 0.407 e. The minimum Gasteiger partial charge on any atom is -0.496 e. The second kappa shape index (κ2) is 7.83. The maximum atomic E-state index is 11.9. The van der Waals surface area contributed by atoms with E-state index in [2.05, 4.69) is 5.32 Å². The summed E-state index contributed by atoms with van der Waals surface area (Å²) in [6.45, 7) is 5.72. The first-order valence-corrected chi connectivity index (χ1v) is 8.02. The van der Waals surface area contributed by atoms with Gasteiger partial charge in [0.1, 0.15) is 17.6 Å². The Morgan fingerprint density at radius 1 is 1.12 bits per heavy atom. The highest BCUT2D eigenvalue weighted by molar-refractivity contribution is 5.79. The zero-order valence-corrected chi connectivity index (χ0v) is 15.0. The number of carbonyl (C=O) groups excluding carboxylic acids is 2. The minimum absolute atomic E-state index is 0.277. The van der Waals surface area contributed by atoms with E-state index in [9.17, 15) is 9.59 Å². The van der Waals surface area contributed by atoms with E-state index in [4.69, 9.17) is 9.47 Å². The Balaban J connectivity index is 2.22. The van der Waals surface area contributed by atoms with Gasteiger partial charge < -0.3 is 14.8 Å². The molecule has 0 saturated carbocycles. The number of rotatable bonds is 5. The third kappa shape index (κ3) is 5.35. The molecule has 0 spiro atoms. The highest BCUT2D eigenvalue weighted by atomic mass is 16.6. The molecule has 5 heteroatoms. The molecule has 2 aromatic rings. The van der Waals surface area contributed by atoms with Gasteiger partial charge in [-0.25, -0.2) is 4.79 Å². The largest absolute Gasteiger partial charge is 0.496 e. The van der Waals surface area contributed by atoms with E-state index in [1.807, 2.05) is 57.2 Å². The molecule has 1 amide bonds. The van der Waals surface area contributed by atoms with Crippen LogP contribution in [0.2, 0.25) is 0 Å². The third-order valence-electron chi connectivity index (χ3n) is 3.46. The molecule has 0 saturated heterocycles. The molecule has 2 aromatic carbocycles. The molecule has 0 aliphatic heterocycles. The van der Waals surface area contributed by atoms with Crippen LogP contribution in [-0.4, -0.2) is 25.1 Å². The second-order valence-corrected chi connectivity index (χ2v) is 6.63. The summed E-state index contributed by atoms with van der Waals surface area (Å²) < 4.78 is 10.6. The fraction of sp³-hybridized carbons (Fsp3) is 0.300. The molecule has 2 rings (SSSR count). The van der Waals surface area contributed by atoms with Crippen LogP contribution in [0.1, 0.15) is 36.7 Å². The highest BCUT2D eigenvalue weighted by Gasteiger charge is 2.16. The van der Waals surface area contributed by atoms with Gasteiger partial charge in [-0.3, -0.25) is 4.79 Å². The first-order valence-electron chi connectivity index (χ1n) is 8.02. The molecule has 0 heterocycles. The number of aldehydes is 1. The predicted molar refractivity (Wildman–Crippen MR) is 96.9 cm³/mol. The summed E-state index contributed by atoms with van der Waals surface area (Å²) in [6, 6.07) is 13.0. The van der Waals surface area contributed by atoms with Crippen molar-refractivity contribution < 1.29 is 19.1 Å². The molecule has 0 fully saturated rings. The first-order chi connectivity index (χ1) is 11.8. The molecule has 0 atom stereocenters. The lowest BCUT2D eigenvalue weighted by molar-refractivity contribution is 0.0523. The zero-order valence-electron chi connectivity index (χ0n) is 15.0. The van der Waals surface area contributed by atoms with E-state index in [1.54, 1.807) is 13.2 Å². The molecule has 25 heavy (non-hydrogen) atoms. The maximum absolute atomic E-state index is 11.9. The van der Waals surface area contributed by atoms with Crippen molar-refractivity contribution in [3.8, 4) is 16.9 Å². The van der Waals surface area contributed by atoms with Gasteiger partial charge in [0.25, 0.3) is 0 Å². The molecular weight excluding hydrogens is 318 g/mol. The third-order valence-corrected chi connectivity index (χ3v) is 3.46. The molecule has 0 radical (unpaired) electrons. The van der Waals surface area contributed by atoms with Crippen molar-refractivity contribution in [3.63, 3.8) is 0 Å². The number of hydrogen-bond acceptors (Lipinski definition) is 4. The van der Waals surface area contributed by atoms with Crippen LogP contribution in [0, 0.1) is 0 Å². The van der Waals surface area contributed by atoms with E-state index in [0.717, 1.165) is 23.0 Å². The van der Waals surface area contributed by atoms with Gasteiger partial charge in [0.15, 0.2) is 0 Å². The molecule has 0 aliphatic carbocycles. The van der Waals surface area contributed by atoms with Gasteiger partial charge in [0, 0.05) is 17.7 Å². The molecule has 0 aromatic heterocycles. The fourth-order valence-electron chi connectivity index (χ4n) is 2.37. The number of benzene rings is 2.